The summed E-state index contributed by atoms with van der Waals surface area (Å²) in [5, 5.41) is -0.410. The van der Waals surface area contributed by atoms with Crippen molar-refractivity contribution in [3.05, 3.63) is 0 Å². The van der Waals surface area contributed by atoms with Crippen molar-refractivity contribution < 1.29 is 17.9 Å². The monoisotopic (exact) mass is 276 g/mol. The van der Waals surface area contributed by atoms with Gasteiger partial charge in [0, 0.05) is 19.6 Å². The van der Waals surface area contributed by atoms with Crippen LogP contribution < -0.4 is 5.73 Å². The molecule has 0 saturated carbocycles. The highest BCUT2D eigenvalue weighted by Crippen LogP contribution is 2.21. The van der Waals surface area contributed by atoms with Crippen molar-refractivity contribution >= 4 is 15.7 Å². The van der Waals surface area contributed by atoms with Gasteiger partial charge in [0.05, 0.1) is 17.1 Å². The molecule has 0 spiro atoms. The first-order valence-corrected chi connectivity index (χ1v) is 8.05. The van der Waals surface area contributed by atoms with Gasteiger partial charge in [0.25, 0.3) is 0 Å². The van der Waals surface area contributed by atoms with E-state index in [-0.39, 0.29) is 24.4 Å². The van der Waals surface area contributed by atoms with E-state index in [1.807, 2.05) is 0 Å². The summed E-state index contributed by atoms with van der Waals surface area (Å²) in [5.41, 5.74) is 5.52. The van der Waals surface area contributed by atoms with Gasteiger partial charge in [0.2, 0.25) is 5.91 Å². The summed E-state index contributed by atoms with van der Waals surface area (Å²) in [7, 11) is -3.04. The Kier molecular flexibility index (Phi) is 4.24. The van der Waals surface area contributed by atoms with E-state index >= 15 is 0 Å². The van der Waals surface area contributed by atoms with Gasteiger partial charge >= 0.3 is 0 Å². The predicted octanol–water partition coefficient (Wildman–Crippen LogP) is -0.860. The zero-order valence-electron chi connectivity index (χ0n) is 10.4. The molecule has 2 rings (SSSR count). The Morgan fingerprint density at radius 1 is 1.39 bits per heavy atom. The highest BCUT2D eigenvalue weighted by atomic mass is 32.2. The Morgan fingerprint density at radius 2 is 2.17 bits per heavy atom. The van der Waals surface area contributed by atoms with Crippen LogP contribution >= 0.6 is 0 Å². The van der Waals surface area contributed by atoms with Crippen molar-refractivity contribution in [1.82, 2.24) is 4.90 Å². The van der Waals surface area contributed by atoms with Crippen LogP contribution in [0.2, 0.25) is 0 Å². The molecule has 0 aromatic carbocycles. The minimum absolute atomic E-state index is 0.00857. The largest absolute Gasteiger partial charge is 0.365 e. The van der Waals surface area contributed by atoms with Crippen molar-refractivity contribution in [2.45, 2.75) is 30.6 Å². The summed E-state index contributed by atoms with van der Waals surface area (Å²) >= 11 is 0. The van der Waals surface area contributed by atoms with Crippen molar-refractivity contribution in [2.24, 2.45) is 5.73 Å². The molecule has 2 fully saturated rings. The van der Waals surface area contributed by atoms with Crippen molar-refractivity contribution in [3.63, 3.8) is 0 Å². The Hall–Kier alpha value is -0.660. The van der Waals surface area contributed by atoms with Crippen LogP contribution in [0.25, 0.3) is 0 Å². The van der Waals surface area contributed by atoms with Crippen LogP contribution in [-0.2, 0) is 19.4 Å². The molecule has 0 aromatic rings. The molecule has 2 N–H and O–H groups in total. The maximum absolute atomic E-state index is 11.9. The maximum atomic E-state index is 11.9. The van der Waals surface area contributed by atoms with E-state index in [0.29, 0.717) is 26.1 Å². The third kappa shape index (κ3) is 3.02. The molecule has 2 saturated heterocycles. The molecule has 18 heavy (non-hydrogen) atoms. The van der Waals surface area contributed by atoms with Gasteiger partial charge in [-0.1, -0.05) is 6.42 Å². The highest BCUT2D eigenvalue weighted by molar-refractivity contribution is 7.92. The molecular weight excluding hydrogens is 256 g/mol. The van der Waals surface area contributed by atoms with Gasteiger partial charge in [-0.05, 0) is 12.8 Å². The molecule has 2 atom stereocenters. The Morgan fingerprint density at radius 3 is 2.83 bits per heavy atom. The fourth-order valence-corrected chi connectivity index (χ4v) is 4.34. The first kappa shape index (κ1) is 13.8. The molecule has 6 nitrogen and oxygen atoms in total. The number of carbonyl (C=O) groups excluding carboxylic acids is 1. The first-order valence-electron chi connectivity index (χ1n) is 6.34. The van der Waals surface area contributed by atoms with E-state index in [9.17, 15) is 13.2 Å². The molecular formula is C11H20N2O4S. The number of amides is 1. The molecule has 2 heterocycles. The number of rotatable bonds is 3. The number of nitrogens with two attached hydrogens (primary N) is 1. The zero-order valence-corrected chi connectivity index (χ0v) is 11.2. The van der Waals surface area contributed by atoms with E-state index in [2.05, 4.69) is 0 Å². The smallest absolute Gasteiger partial charge is 0.248 e. The Labute approximate surface area is 107 Å². The molecule has 2 aliphatic rings. The Bertz CT molecular complexity index is 409. The standard InChI is InChI=1S/C11H20N2O4S/c12-5-9-6-13(11(14)8-17-9)7-10-3-1-2-4-18(10,15)16/h9-10H,1-8,12H2. The molecule has 2 unspecified atom stereocenters. The molecule has 1 amide bonds. The molecule has 7 heteroatoms. The third-order valence-corrected chi connectivity index (χ3v) is 5.88. The second kappa shape index (κ2) is 5.54. The van der Waals surface area contributed by atoms with Gasteiger partial charge in [-0.2, -0.15) is 0 Å². The Balaban J connectivity index is 2.00. The summed E-state index contributed by atoms with van der Waals surface area (Å²) in [5.74, 6) is 0.108. The van der Waals surface area contributed by atoms with Crippen LogP contribution in [0.3, 0.4) is 0 Å². The lowest BCUT2D eigenvalue weighted by Crippen LogP contribution is -2.52. The molecule has 104 valence electrons. The molecule has 0 radical (unpaired) electrons. The quantitative estimate of drug-likeness (QED) is 0.724. The summed E-state index contributed by atoms with van der Waals surface area (Å²) in [6, 6.07) is 0. The summed E-state index contributed by atoms with van der Waals surface area (Å²) in [6.45, 7) is 1.05. The lowest BCUT2D eigenvalue weighted by molar-refractivity contribution is -0.148. The lowest BCUT2D eigenvalue weighted by atomic mass is 10.1. The number of nitrogens with zero attached hydrogens (tertiary/aromatic N) is 1. The molecule has 0 aliphatic carbocycles. The number of sulfone groups is 1. The number of ether oxygens (including phenoxy) is 1. The lowest BCUT2D eigenvalue weighted by Gasteiger charge is -2.35. The average molecular weight is 276 g/mol. The number of hydrogen-bond donors (Lipinski definition) is 1. The predicted molar refractivity (Wildman–Crippen MR) is 66.8 cm³/mol. The number of hydrogen-bond acceptors (Lipinski definition) is 5. The normalized spacial score (nSPS) is 32.5. The summed E-state index contributed by atoms with van der Waals surface area (Å²) in [6.07, 6.45) is 2.14. The molecule has 0 aromatic heterocycles. The van der Waals surface area contributed by atoms with Gasteiger partial charge in [-0.15, -0.1) is 0 Å². The number of morpholine rings is 1. The molecule has 0 bridgehead atoms. The minimum atomic E-state index is -3.04. The summed E-state index contributed by atoms with van der Waals surface area (Å²) < 4.78 is 29.1. The van der Waals surface area contributed by atoms with Crippen LogP contribution in [0.4, 0.5) is 0 Å². The highest BCUT2D eigenvalue weighted by Gasteiger charge is 2.34. The summed E-state index contributed by atoms with van der Waals surface area (Å²) in [4.78, 5) is 13.3. The van der Waals surface area contributed by atoms with Gasteiger partial charge in [0.1, 0.15) is 6.61 Å². The fraction of sp³-hybridized carbons (Fsp3) is 0.909. The number of carbonyl (C=O) groups is 1. The van der Waals surface area contributed by atoms with Gasteiger partial charge < -0.3 is 15.4 Å². The van der Waals surface area contributed by atoms with Gasteiger partial charge in [0.15, 0.2) is 9.84 Å². The minimum Gasteiger partial charge on any atom is -0.365 e. The second-order valence-electron chi connectivity index (χ2n) is 4.95. The zero-order chi connectivity index (χ0) is 13.2. The topological polar surface area (TPSA) is 89.7 Å². The second-order valence-corrected chi connectivity index (χ2v) is 7.35. The van der Waals surface area contributed by atoms with E-state index in [1.54, 1.807) is 4.90 Å². The van der Waals surface area contributed by atoms with E-state index in [0.717, 1.165) is 12.8 Å². The van der Waals surface area contributed by atoms with E-state index in [1.165, 1.54) is 0 Å². The van der Waals surface area contributed by atoms with Crippen LogP contribution in [0.5, 0.6) is 0 Å². The molecule has 2 aliphatic heterocycles. The first-order chi connectivity index (χ1) is 8.53. The fourth-order valence-electron chi connectivity index (χ4n) is 2.47. The van der Waals surface area contributed by atoms with Crippen LogP contribution in [0, 0.1) is 0 Å². The SMILES string of the molecule is NCC1CN(CC2CCCCS2(=O)=O)C(=O)CO1. The van der Waals surface area contributed by atoms with E-state index < -0.39 is 15.1 Å². The van der Waals surface area contributed by atoms with Gasteiger partial charge in [-0.25, -0.2) is 8.42 Å². The average Bonchev–Trinajstić information content (AvgIpc) is 2.34. The van der Waals surface area contributed by atoms with Gasteiger partial charge in [-0.3, -0.25) is 4.79 Å². The van der Waals surface area contributed by atoms with Crippen molar-refractivity contribution in [2.75, 3.05) is 32.0 Å². The van der Waals surface area contributed by atoms with Crippen LogP contribution in [-0.4, -0.2) is 62.6 Å². The van der Waals surface area contributed by atoms with Crippen LogP contribution in [0.1, 0.15) is 19.3 Å². The van der Waals surface area contributed by atoms with Crippen molar-refractivity contribution in [1.29, 1.82) is 0 Å². The maximum Gasteiger partial charge on any atom is 0.248 e. The third-order valence-electron chi connectivity index (χ3n) is 3.62. The van der Waals surface area contributed by atoms with Crippen molar-refractivity contribution in [3.8, 4) is 0 Å². The van der Waals surface area contributed by atoms with Crippen LogP contribution in [0.15, 0.2) is 0 Å². The van der Waals surface area contributed by atoms with E-state index in [4.69, 9.17) is 10.5 Å².